The van der Waals surface area contributed by atoms with Gasteiger partial charge in [0.05, 0.1) is 11.6 Å². The molecule has 1 aliphatic heterocycles. The maximum atomic E-state index is 5.83. The molecule has 0 saturated heterocycles. The van der Waals surface area contributed by atoms with E-state index < -0.39 is 0 Å². The van der Waals surface area contributed by atoms with Crippen LogP contribution >= 0.6 is 11.8 Å². The first-order chi connectivity index (χ1) is 7.11. The van der Waals surface area contributed by atoms with Crippen molar-refractivity contribution >= 4 is 11.8 Å². The van der Waals surface area contributed by atoms with Crippen molar-refractivity contribution in [3.8, 4) is 0 Å². The second kappa shape index (κ2) is 4.36. The Balaban J connectivity index is 2.77. The minimum Gasteiger partial charge on any atom is -0.487 e. The fourth-order valence-electron chi connectivity index (χ4n) is 1.52. The summed E-state index contributed by atoms with van der Waals surface area (Å²) in [4.78, 5) is 2.33. The topological polar surface area (TPSA) is 12.5 Å². The summed E-state index contributed by atoms with van der Waals surface area (Å²) in [5, 5.41) is 2.14. The van der Waals surface area contributed by atoms with Crippen molar-refractivity contribution in [1.29, 1.82) is 0 Å². The van der Waals surface area contributed by atoms with Gasteiger partial charge in [0.15, 0.2) is 0 Å². The zero-order valence-electron chi connectivity index (χ0n) is 11.3. The highest BCUT2D eigenvalue weighted by atomic mass is 32.2. The number of rotatable bonds is 2. The maximum Gasteiger partial charge on any atom is 0.136 e. The van der Waals surface area contributed by atoms with Gasteiger partial charge in [0.2, 0.25) is 0 Å². The molecule has 1 heterocycles. The molecule has 0 atom stereocenters. The lowest BCUT2D eigenvalue weighted by Gasteiger charge is -2.37. The summed E-state index contributed by atoms with van der Waals surface area (Å²) in [6.07, 6.45) is 0. The van der Waals surface area contributed by atoms with Crippen LogP contribution in [0.25, 0.3) is 0 Å². The third-order valence-corrected chi connectivity index (χ3v) is 3.01. The van der Waals surface area contributed by atoms with Gasteiger partial charge in [-0.25, -0.2) is 0 Å². The van der Waals surface area contributed by atoms with Crippen molar-refractivity contribution in [1.82, 2.24) is 4.90 Å². The second-order valence-electron chi connectivity index (χ2n) is 6.04. The van der Waals surface area contributed by atoms with E-state index in [9.17, 15) is 0 Å². The van der Waals surface area contributed by atoms with E-state index >= 15 is 0 Å². The molecule has 2 nitrogen and oxygen atoms in total. The minimum atomic E-state index is -0.186. The van der Waals surface area contributed by atoms with Gasteiger partial charge >= 0.3 is 0 Å². The Morgan fingerprint density at radius 1 is 1.31 bits per heavy atom. The quantitative estimate of drug-likeness (QED) is 0.679. The van der Waals surface area contributed by atoms with E-state index in [0.29, 0.717) is 0 Å². The van der Waals surface area contributed by atoms with Gasteiger partial charge in [-0.15, -0.1) is 11.8 Å². The minimum absolute atomic E-state index is 0.111. The molecule has 0 aromatic rings. The molecule has 0 aromatic carbocycles. The van der Waals surface area contributed by atoms with Crippen molar-refractivity contribution in [3.05, 3.63) is 23.4 Å². The van der Waals surface area contributed by atoms with Gasteiger partial charge in [-0.3, -0.25) is 0 Å². The van der Waals surface area contributed by atoms with Crippen LogP contribution in [0.5, 0.6) is 0 Å². The summed E-state index contributed by atoms with van der Waals surface area (Å²) < 4.78 is 5.83. The van der Waals surface area contributed by atoms with Crippen LogP contribution in [0, 0.1) is 0 Å². The van der Waals surface area contributed by atoms with Crippen molar-refractivity contribution in [2.24, 2.45) is 0 Å². The standard InChI is InChI=1S/C13H23NOS/c1-10(15-13(5,6)7)11-8-16-9-14(11)12(2,3)4/h8H,1,9H2,2-7H3. The van der Waals surface area contributed by atoms with Gasteiger partial charge in [-0.1, -0.05) is 6.58 Å². The zero-order chi connectivity index (χ0) is 12.6. The zero-order valence-corrected chi connectivity index (χ0v) is 12.1. The fraction of sp³-hybridized carbons (Fsp3) is 0.692. The number of nitrogens with zero attached hydrogens (tertiary/aromatic N) is 1. The molecule has 0 bridgehead atoms. The molecule has 0 unspecified atom stereocenters. The Morgan fingerprint density at radius 2 is 1.88 bits per heavy atom. The fourth-order valence-corrected chi connectivity index (χ4v) is 2.68. The summed E-state index contributed by atoms with van der Waals surface area (Å²) in [6, 6.07) is 0. The highest BCUT2D eigenvalue weighted by molar-refractivity contribution is 8.02. The third kappa shape index (κ3) is 3.48. The predicted molar refractivity (Wildman–Crippen MR) is 72.1 cm³/mol. The molecule has 0 radical (unpaired) electrons. The second-order valence-corrected chi connectivity index (χ2v) is 6.86. The first-order valence-corrected chi connectivity index (χ1v) is 6.64. The summed E-state index contributed by atoms with van der Waals surface area (Å²) >= 11 is 1.79. The molecule has 0 fully saturated rings. The van der Waals surface area contributed by atoms with E-state index in [4.69, 9.17) is 4.74 Å². The lowest BCUT2D eigenvalue weighted by Crippen LogP contribution is -2.39. The lowest BCUT2D eigenvalue weighted by molar-refractivity contribution is 0.0474. The number of thioether (sulfide) groups is 1. The molecule has 16 heavy (non-hydrogen) atoms. The lowest BCUT2D eigenvalue weighted by atomic mass is 10.1. The first-order valence-electron chi connectivity index (χ1n) is 5.59. The van der Waals surface area contributed by atoms with Gasteiger partial charge in [-0.05, 0) is 47.0 Å². The van der Waals surface area contributed by atoms with E-state index in [-0.39, 0.29) is 11.1 Å². The largest absolute Gasteiger partial charge is 0.487 e. The SMILES string of the molecule is C=C(OC(C)(C)C)C1=CSCN1C(C)(C)C. The first kappa shape index (κ1) is 13.5. The highest BCUT2D eigenvalue weighted by Gasteiger charge is 2.30. The van der Waals surface area contributed by atoms with Gasteiger partial charge in [-0.2, -0.15) is 0 Å². The van der Waals surface area contributed by atoms with Crippen LogP contribution in [0.15, 0.2) is 23.4 Å². The Kier molecular flexibility index (Phi) is 3.68. The molecule has 0 aliphatic carbocycles. The van der Waals surface area contributed by atoms with Gasteiger partial charge in [0.1, 0.15) is 11.4 Å². The molecule has 0 spiro atoms. The summed E-state index contributed by atoms with van der Waals surface area (Å²) in [5.74, 6) is 1.75. The van der Waals surface area contributed by atoms with Crippen LogP contribution in [0.2, 0.25) is 0 Å². The van der Waals surface area contributed by atoms with Crippen LogP contribution in [-0.4, -0.2) is 21.9 Å². The van der Waals surface area contributed by atoms with E-state index in [1.807, 2.05) is 20.8 Å². The summed E-state index contributed by atoms with van der Waals surface area (Å²) in [6.45, 7) is 16.8. The molecule has 0 amide bonds. The smallest absolute Gasteiger partial charge is 0.136 e. The van der Waals surface area contributed by atoms with Crippen LogP contribution in [-0.2, 0) is 4.74 Å². The molecular formula is C13H23NOS. The van der Waals surface area contributed by atoms with E-state index in [0.717, 1.165) is 17.3 Å². The Morgan fingerprint density at radius 3 is 2.31 bits per heavy atom. The molecule has 0 N–H and O–H groups in total. The van der Waals surface area contributed by atoms with E-state index in [1.54, 1.807) is 11.8 Å². The summed E-state index contributed by atoms with van der Waals surface area (Å²) in [7, 11) is 0. The molecule has 92 valence electrons. The van der Waals surface area contributed by atoms with Crippen LogP contribution in [0.1, 0.15) is 41.5 Å². The van der Waals surface area contributed by atoms with Crippen LogP contribution < -0.4 is 0 Å². The summed E-state index contributed by atoms with van der Waals surface area (Å²) in [5.41, 5.74) is 1.04. The Hall–Kier alpha value is -0.570. The van der Waals surface area contributed by atoms with Gasteiger partial charge in [0, 0.05) is 5.54 Å². The monoisotopic (exact) mass is 241 g/mol. The number of hydrogen-bond acceptors (Lipinski definition) is 3. The van der Waals surface area contributed by atoms with Crippen LogP contribution in [0.3, 0.4) is 0 Å². The van der Waals surface area contributed by atoms with E-state index in [2.05, 4.69) is 37.7 Å². The van der Waals surface area contributed by atoms with Crippen LogP contribution in [0.4, 0.5) is 0 Å². The number of hydrogen-bond donors (Lipinski definition) is 0. The predicted octanol–water partition coefficient (Wildman–Crippen LogP) is 3.96. The molecule has 1 rings (SSSR count). The molecule has 0 saturated carbocycles. The van der Waals surface area contributed by atoms with E-state index in [1.165, 1.54) is 0 Å². The molecule has 3 heteroatoms. The average molecular weight is 241 g/mol. The average Bonchev–Trinajstić information content (AvgIpc) is 2.45. The normalized spacial score (nSPS) is 17.4. The Labute approximate surface area is 104 Å². The molecular weight excluding hydrogens is 218 g/mol. The van der Waals surface area contributed by atoms with Gasteiger partial charge < -0.3 is 9.64 Å². The van der Waals surface area contributed by atoms with Gasteiger partial charge in [0.25, 0.3) is 0 Å². The number of ether oxygens (including phenoxy) is 1. The van der Waals surface area contributed by atoms with Crippen molar-refractivity contribution in [2.45, 2.75) is 52.7 Å². The maximum absolute atomic E-state index is 5.83. The molecule has 0 aromatic heterocycles. The van der Waals surface area contributed by atoms with Crippen molar-refractivity contribution in [2.75, 3.05) is 5.88 Å². The van der Waals surface area contributed by atoms with Crippen molar-refractivity contribution in [3.63, 3.8) is 0 Å². The molecule has 1 aliphatic rings. The third-order valence-electron chi connectivity index (χ3n) is 2.21. The Bertz CT molecular complexity index is 307. The highest BCUT2D eigenvalue weighted by Crippen LogP contribution is 2.35. The van der Waals surface area contributed by atoms with Crippen molar-refractivity contribution < 1.29 is 4.74 Å².